The van der Waals surface area contributed by atoms with E-state index < -0.39 is 0 Å². The maximum atomic E-state index is 13.4. The fourth-order valence-electron chi connectivity index (χ4n) is 2.66. The van der Waals surface area contributed by atoms with Crippen LogP contribution in [-0.4, -0.2) is 38.5 Å². The van der Waals surface area contributed by atoms with Gasteiger partial charge in [-0.3, -0.25) is 9.79 Å². The van der Waals surface area contributed by atoms with Crippen molar-refractivity contribution >= 4 is 35.8 Å². The van der Waals surface area contributed by atoms with Crippen LogP contribution in [0, 0.1) is 5.82 Å². The predicted octanol–water partition coefficient (Wildman–Crippen LogP) is 2.56. The first-order valence-electron chi connectivity index (χ1n) is 8.57. The molecule has 5 nitrogen and oxygen atoms in total. The molecule has 7 heteroatoms. The molecule has 3 N–H and O–H groups in total. The Bertz CT molecular complexity index is 590. The second-order valence-corrected chi connectivity index (χ2v) is 6.24. The number of carbonyl (C=O) groups is 1. The van der Waals surface area contributed by atoms with Crippen molar-refractivity contribution in [3.8, 4) is 0 Å². The van der Waals surface area contributed by atoms with Gasteiger partial charge in [-0.1, -0.05) is 19.1 Å². The van der Waals surface area contributed by atoms with Gasteiger partial charge in [0.2, 0.25) is 5.91 Å². The molecule has 1 aliphatic carbocycles. The molecule has 0 bridgehead atoms. The van der Waals surface area contributed by atoms with Gasteiger partial charge in [0.1, 0.15) is 5.82 Å². The maximum absolute atomic E-state index is 13.4. The second kappa shape index (κ2) is 10.6. The molecule has 1 aromatic rings. The molecule has 0 saturated heterocycles. The van der Waals surface area contributed by atoms with E-state index in [1.165, 1.54) is 6.07 Å². The van der Waals surface area contributed by atoms with Crippen molar-refractivity contribution in [3.05, 3.63) is 35.6 Å². The van der Waals surface area contributed by atoms with Crippen molar-refractivity contribution in [1.82, 2.24) is 16.0 Å². The fourth-order valence-corrected chi connectivity index (χ4v) is 2.66. The molecule has 1 aliphatic rings. The number of halogens is 2. The summed E-state index contributed by atoms with van der Waals surface area (Å²) in [6.45, 7) is 3.97. The van der Waals surface area contributed by atoms with Gasteiger partial charge in [-0.25, -0.2) is 4.39 Å². The first-order chi connectivity index (χ1) is 11.6. The fraction of sp³-hybridized carbons (Fsp3) is 0.556. The highest BCUT2D eigenvalue weighted by Crippen LogP contribution is 2.47. The van der Waals surface area contributed by atoms with Gasteiger partial charge in [0, 0.05) is 38.5 Å². The van der Waals surface area contributed by atoms with Crippen LogP contribution in [0.3, 0.4) is 0 Å². The molecule has 140 valence electrons. The highest BCUT2D eigenvalue weighted by molar-refractivity contribution is 14.0. The molecule has 2 rings (SSSR count). The Morgan fingerprint density at radius 2 is 2.00 bits per heavy atom. The van der Waals surface area contributed by atoms with E-state index >= 15 is 0 Å². The molecule has 0 unspecified atom stereocenters. The monoisotopic (exact) mass is 462 g/mol. The lowest BCUT2D eigenvalue weighted by atomic mass is 9.96. The number of benzene rings is 1. The first-order valence-corrected chi connectivity index (χ1v) is 8.57. The zero-order valence-corrected chi connectivity index (χ0v) is 17.2. The van der Waals surface area contributed by atoms with Crippen LogP contribution in [-0.2, 0) is 10.2 Å². The van der Waals surface area contributed by atoms with Crippen LogP contribution < -0.4 is 16.0 Å². The topological polar surface area (TPSA) is 65.5 Å². The van der Waals surface area contributed by atoms with Crippen LogP contribution in [0.15, 0.2) is 29.3 Å². The SMILES string of the molecule is CCCNC(=O)CCNC(=NC)NCC1(c2cccc(F)c2)CC1.I. The van der Waals surface area contributed by atoms with Gasteiger partial charge < -0.3 is 16.0 Å². The van der Waals surface area contributed by atoms with E-state index in [-0.39, 0.29) is 41.1 Å². The minimum atomic E-state index is -0.195. The molecule has 0 radical (unpaired) electrons. The van der Waals surface area contributed by atoms with E-state index in [4.69, 9.17) is 0 Å². The lowest BCUT2D eigenvalue weighted by molar-refractivity contribution is -0.120. The van der Waals surface area contributed by atoms with Crippen molar-refractivity contribution in [2.45, 2.75) is 38.0 Å². The van der Waals surface area contributed by atoms with E-state index in [1.807, 2.05) is 13.0 Å². The summed E-state index contributed by atoms with van der Waals surface area (Å²) in [6.07, 6.45) is 3.43. The van der Waals surface area contributed by atoms with Crippen LogP contribution in [0.4, 0.5) is 4.39 Å². The maximum Gasteiger partial charge on any atom is 0.221 e. The van der Waals surface area contributed by atoms with E-state index in [1.54, 1.807) is 19.2 Å². The number of nitrogens with one attached hydrogen (secondary N) is 3. The van der Waals surface area contributed by atoms with Gasteiger partial charge in [-0.15, -0.1) is 24.0 Å². The van der Waals surface area contributed by atoms with Gasteiger partial charge in [-0.05, 0) is 37.0 Å². The average molecular weight is 462 g/mol. The van der Waals surface area contributed by atoms with E-state index in [2.05, 4.69) is 20.9 Å². The molecule has 0 aromatic heterocycles. The first kappa shape index (κ1) is 21.7. The lowest BCUT2D eigenvalue weighted by Gasteiger charge is -2.19. The number of hydrogen-bond acceptors (Lipinski definition) is 2. The van der Waals surface area contributed by atoms with Crippen molar-refractivity contribution < 1.29 is 9.18 Å². The number of rotatable bonds is 8. The minimum Gasteiger partial charge on any atom is -0.356 e. The standard InChI is InChI=1S/C18H27FN4O.HI/c1-3-10-21-16(24)7-11-22-17(20-2)23-13-18(8-9-18)14-5-4-6-15(19)12-14;/h4-6,12H,3,7-11,13H2,1-2H3,(H,21,24)(H2,20,22,23);1H. The zero-order chi connectivity index (χ0) is 17.4. The normalized spacial score (nSPS) is 15.1. The van der Waals surface area contributed by atoms with E-state index in [0.717, 1.165) is 24.8 Å². The van der Waals surface area contributed by atoms with Crippen molar-refractivity contribution in [2.75, 3.05) is 26.7 Å². The number of amides is 1. The third-order valence-corrected chi connectivity index (χ3v) is 4.33. The van der Waals surface area contributed by atoms with Crippen LogP contribution in [0.5, 0.6) is 0 Å². The molecule has 1 amide bonds. The Kier molecular flexibility index (Phi) is 9.16. The number of aliphatic imine (C=N–C) groups is 1. The van der Waals surface area contributed by atoms with Gasteiger partial charge in [0.15, 0.2) is 5.96 Å². The number of hydrogen-bond donors (Lipinski definition) is 3. The summed E-state index contributed by atoms with van der Waals surface area (Å²) in [5.74, 6) is 0.513. The summed E-state index contributed by atoms with van der Waals surface area (Å²) in [7, 11) is 1.70. The predicted molar refractivity (Wildman–Crippen MR) is 110 cm³/mol. The Hall–Kier alpha value is -1.38. The van der Waals surface area contributed by atoms with Crippen LogP contribution in [0.2, 0.25) is 0 Å². The number of carbonyl (C=O) groups excluding carboxylic acids is 1. The van der Waals surface area contributed by atoms with Crippen molar-refractivity contribution in [2.24, 2.45) is 4.99 Å². The van der Waals surface area contributed by atoms with Gasteiger partial charge in [0.05, 0.1) is 0 Å². The highest BCUT2D eigenvalue weighted by Gasteiger charge is 2.44. The molecule has 0 spiro atoms. The Morgan fingerprint density at radius 1 is 1.24 bits per heavy atom. The van der Waals surface area contributed by atoms with E-state index in [9.17, 15) is 9.18 Å². The molecular weight excluding hydrogens is 434 g/mol. The van der Waals surface area contributed by atoms with Crippen LogP contribution >= 0.6 is 24.0 Å². The molecule has 0 heterocycles. The van der Waals surface area contributed by atoms with Gasteiger partial charge in [-0.2, -0.15) is 0 Å². The number of nitrogens with zero attached hydrogens (tertiary/aromatic N) is 1. The van der Waals surface area contributed by atoms with Crippen molar-refractivity contribution in [1.29, 1.82) is 0 Å². The Labute approximate surface area is 166 Å². The average Bonchev–Trinajstić information content (AvgIpc) is 3.37. The second-order valence-electron chi connectivity index (χ2n) is 6.24. The number of guanidine groups is 1. The lowest BCUT2D eigenvalue weighted by Crippen LogP contribution is -2.42. The van der Waals surface area contributed by atoms with Crippen molar-refractivity contribution in [3.63, 3.8) is 0 Å². The summed E-state index contributed by atoms with van der Waals surface area (Å²) >= 11 is 0. The summed E-state index contributed by atoms with van der Waals surface area (Å²) in [4.78, 5) is 15.7. The molecule has 0 aliphatic heterocycles. The Balaban J connectivity index is 0.00000312. The molecular formula is C18H28FIN4O. The molecule has 1 saturated carbocycles. The minimum absolute atomic E-state index is 0. The zero-order valence-electron chi connectivity index (χ0n) is 14.9. The Morgan fingerprint density at radius 3 is 2.60 bits per heavy atom. The summed E-state index contributed by atoms with van der Waals surface area (Å²) in [5.41, 5.74) is 1.03. The molecule has 1 fully saturated rings. The highest BCUT2D eigenvalue weighted by atomic mass is 127. The van der Waals surface area contributed by atoms with Crippen LogP contribution in [0.1, 0.15) is 38.2 Å². The quantitative estimate of drug-likeness (QED) is 0.316. The van der Waals surface area contributed by atoms with Gasteiger partial charge in [0.25, 0.3) is 0 Å². The van der Waals surface area contributed by atoms with E-state index in [0.29, 0.717) is 32.0 Å². The van der Waals surface area contributed by atoms with Crippen LogP contribution in [0.25, 0.3) is 0 Å². The third-order valence-electron chi connectivity index (χ3n) is 4.33. The molecule has 1 aromatic carbocycles. The van der Waals surface area contributed by atoms with Gasteiger partial charge >= 0.3 is 0 Å². The summed E-state index contributed by atoms with van der Waals surface area (Å²) in [6, 6.07) is 6.82. The largest absolute Gasteiger partial charge is 0.356 e. The molecule has 0 atom stereocenters. The molecule has 25 heavy (non-hydrogen) atoms. The summed E-state index contributed by atoms with van der Waals surface area (Å²) in [5, 5.41) is 9.28. The summed E-state index contributed by atoms with van der Waals surface area (Å²) < 4.78 is 13.4. The third kappa shape index (κ3) is 6.80. The smallest absolute Gasteiger partial charge is 0.221 e.